The Labute approximate surface area is 179 Å². The van der Waals surface area contributed by atoms with Gasteiger partial charge in [0.05, 0.1) is 5.57 Å². The summed E-state index contributed by atoms with van der Waals surface area (Å²) in [5.41, 5.74) is 9.64. The number of hydrogen-bond donors (Lipinski definition) is 2. The molecule has 0 radical (unpaired) electrons. The summed E-state index contributed by atoms with van der Waals surface area (Å²) >= 11 is 0.789. The zero-order valence-electron chi connectivity index (χ0n) is 18.5. The number of nitrogens with two attached hydrogens (primary N) is 1. The zero-order valence-corrected chi connectivity index (χ0v) is 19.3. The molecule has 162 valence electrons. The molecule has 0 aromatic carbocycles. The fourth-order valence-electron chi connectivity index (χ4n) is 2.45. The van der Waals surface area contributed by atoms with E-state index in [1.165, 1.54) is 17.2 Å². The summed E-state index contributed by atoms with van der Waals surface area (Å²) in [6, 6.07) is -1.15. The standard InChI is InChI=1S/C23H35NO4S/c1-15(2)9-7-11-17(5)13-20(25)21(18(6)12-8-10-16(3)4)23(28)29-14-19(24)22(26)27/h9-10,13,19H,7-8,11-12,14,24H2,1-6H3,(H,26,27)/b17-13+,21-18+. The van der Waals surface area contributed by atoms with Gasteiger partial charge in [0.1, 0.15) is 6.04 Å². The molecule has 0 aromatic heterocycles. The minimum Gasteiger partial charge on any atom is -0.480 e. The lowest BCUT2D eigenvalue weighted by molar-refractivity contribution is -0.137. The maximum absolute atomic E-state index is 12.9. The van der Waals surface area contributed by atoms with Crippen LogP contribution in [0.2, 0.25) is 0 Å². The first-order valence-electron chi connectivity index (χ1n) is 9.79. The van der Waals surface area contributed by atoms with Crippen molar-refractivity contribution in [2.24, 2.45) is 5.73 Å². The average Bonchev–Trinajstić information content (AvgIpc) is 2.58. The van der Waals surface area contributed by atoms with Crippen LogP contribution in [0.4, 0.5) is 0 Å². The molecule has 29 heavy (non-hydrogen) atoms. The van der Waals surface area contributed by atoms with E-state index in [9.17, 15) is 14.4 Å². The van der Waals surface area contributed by atoms with Crippen LogP contribution in [0.15, 0.2) is 46.1 Å². The largest absolute Gasteiger partial charge is 0.480 e. The summed E-state index contributed by atoms with van der Waals surface area (Å²) in [7, 11) is 0. The normalized spacial score (nSPS) is 13.3. The van der Waals surface area contributed by atoms with Crippen LogP contribution < -0.4 is 5.73 Å². The topological polar surface area (TPSA) is 97.5 Å². The highest BCUT2D eigenvalue weighted by molar-refractivity contribution is 8.14. The first-order chi connectivity index (χ1) is 13.5. The molecule has 1 atom stereocenters. The molecular weight excluding hydrogens is 386 g/mol. The molecule has 0 saturated carbocycles. The predicted molar refractivity (Wildman–Crippen MR) is 122 cm³/mol. The fraction of sp³-hybridized carbons (Fsp3) is 0.522. The van der Waals surface area contributed by atoms with Gasteiger partial charge in [0.2, 0.25) is 5.12 Å². The monoisotopic (exact) mass is 421 g/mol. The maximum Gasteiger partial charge on any atom is 0.321 e. The van der Waals surface area contributed by atoms with Gasteiger partial charge in [-0.15, -0.1) is 0 Å². The van der Waals surface area contributed by atoms with Crippen molar-refractivity contribution in [1.82, 2.24) is 0 Å². The van der Waals surface area contributed by atoms with Crippen molar-refractivity contribution in [3.8, 4) is 0 Å². The molecule has 1 unspecified atom stereocenters. The minimum atomic E-state index is -1.17. The van der Waals surface area contributed by atoms with E-state index in [1.807, 2.05) is 34.6 Å². The third-order valence-electron chi connectivity index (χ3n) is 4.13. The molecule has 0 saturated heterocycles. The van der Waals surface area contributed by atoms with Crippen LogP contribution in [0.1, 0.15) is 67.2 Å². The van der Waals surface area contributed by atoms with Gasteiger partial charge >= 0.3 is 5.97 Å². The van der Waals surface area contributed by atoms with Crippen LogP contribution in [0.5, 0.6) is 0 Å². The fourth-order valence-corrected chi connectivity index (χ4v) is 3.35. The Morgan fingerprint density at radius 1 is 0.931 bits per heavy atom. The van der Waals surface area contributed by atoms with Crippen LogP contribution >= 0.6 is 11.8 Å². The van der Waals surface area contributed by atoms with E-state index in [0.717, 1.165) is 36.6 Å². The number of thioether (sulfide) groups is 1. The van der Waals surface area contributed by atoms with Crippen molar-refractivity contribution in [2.75, 3.05) is 5.75 Å². The first kappa shape index (κ1) is 27.1. The highest BCUT2D eigenvalue weighted by Gasteiger charge is 2.22. The third kappa shape index (κ3) is 12.3. The number of carboxylic acid groups (broad SMARTS) is 1. The lowest BCUT2D eigenvalue weighted by Crippen LogP contribution is -2.33. The van der Waals surface area contributed by atoms with E-state index in [2.05, 4.69) is 12.2 Å². The second-order valence-corrected chi connectivity index (χ2v) is 8.69. The van der Waals surface area contributed by atoms with E-state index in [0.29, 0.717) is 12.0 Å². The van der Waals surface area contributed by atoms with Crippen LogP contribution in [-0.2, 0) is 14.4 Å². The van der Waals surface area contributed by atoms with E-state index < -0.39 is 17.1 Å². The number of hydrogen-bond acceptors (Lipinski definition) is 5. The molecule has 0 rings (SSSR count). The summed E-state index contributed by atoms with van der Waals surface area (Å²) in [6.07, 6.45) is 8.60. The Kier molecular flexibility index (Phi) is 13.2. The highest BCUT2D eigenvalue weighted by Crippen LogP contribution is 2.22. The van der Waals surface area contributed by atoms with Gasteiger partial charge in [-0.2, -0.15) is 0 Å². The number of ketones is 1. The summed E-state index contributed by atoms with van der Waals surface area (Å²) in [6.45, 7) is 11.7. The van der Waals surface area contributed by atoms with E-state index in [1.54, 1.807) is 6.92 Å². The van der Waals surface area contributed by atoms with Crippen LogP contribution in [0.25, 0.3) is 0 Å². The Morgan fingerprint density at radius 2 is 1.45 bits per heavy atom. The Morgan fingerprint density at radius 3 is 1.93 bits per heavy atom. The molecule has 0 aliphatic heterocycles. The van der Waals surface area contributed by atoms with Crippen molar-refractivity contribution in [3.05, 3.63) is 46.1 Å². The molecule has 0 fully saturated rings. The van der Waals surface area contributed by atoms with Crippen LogP contribution in [0, 0.1) is 0 Å². The van der Waals surface area contributed by atoms with Crippen molar-refractivity contribution in [2.45, 2.75) is 73.3 Å². The molecule has 0 aliphatic carbocycles. The Bertz CT molecular complexity index is 721. The molecule has 0 amide bonds. The summed E-state index contributed by atoms with van der Waals surface area (Å²) in [5.74, 6) is -1.57. The number of carbonyl (C=O) groups is 3. The SMILES string of the molecule is CC(C)=CCC/C(C)=C/C(=O)/C(C(=O)SCC(N)C(=O)O)=C(/C)CCC=C(C)C. The van der Waals surface area contributed by atoms with Crippen LogP contribution in [0.3, 0.4) is 0 Å². The summed E-state index contributed by atoms with van der Waals surface area (Å²) < 4.78 is 0. The second kappa shape index (κ2) is 14.1. The van der Waals surface area contributed by atoms with E-state index >= 15 is 0 Å². The van der Waals surface area contributed by atoms with Gasteiger partial charge in [0.15, 0.2) is 5.78 Å². The molecule has 0 heterocycles. The summed E-state index contributed by atoms with van der Waals surface area (Å²) in [4.78, 5) is 36.5. The van der Waals surface area contributed by atoms with Crippen molar-refractivity contribution >= 4 is 28.6 Å². The molecule has 5 nitrogen and oxygen atoms in total. The number of aliphatic carboxylic acids is 1. The second-order valence-electron chi connectivity index (χ2n) is 7.69. The van der Waals surface area contributed by atoms with E-state index in [-0.39, 0.29) is 17.1 Å². The quantitative estimate of drug-likeness (QED) is 0.199. The average molecular weight is 422 g/mol. The molecule has 3 N–H and O–H groups in total. The summed E-state index contributed by atoms with van der Waals surface area (Å²) in [5, 5.41) is 8.49. The zero-order chi connectivity index (χ0) is 22.6. The van der Waals surface area contributed by atoms with Gasteiger partial charge in [0, 0.05) is 5.75 Å². The molecule has 0 bridgehead atoms. The number of allylic oxidation sites excluding steroid dienone is 7. The molecule has 0 aliphatic rings. The van der Waals surface area contributed by atoms with Gasteiger partial charge in [-0.05, 0) is 73.3 Å². The number of carbonyl (C=O) groups excluding carboxylic acids is 2. The van der Waals surface area contributed by atoms with Gasteiger partial charge in [-0.1, -0.05) is 46.2 Å². The highest BCUT2D eigenvalue weighted by atomic mass is 32.2. The Balaban J connectivity index is 5.51. The lowest BCUT2D eigenvalue weighted by atomic mass is 9.99. The van der Waals surface area contributed by atoms with Crippen molar-refractivity contribution < 1.29 is 19.5 Å². The predicted octanol–water partition coefficient (Wildman–Crippen LogP) is 4.98. The molecule has 6 heteroatoms. The lowest BCUT2D eigenvalue weighted by Gasteiger charge is -2.10. The minimum absolute atomic E-state index is 0.0739. The Hall–Kier alpha value is -1.92. The van der Waals surface area contributed by atoms with Crippen LogP contribution in [-0.4, -0.2) is 33.8 Å². The van der Waals surface area contributed by atoms with Gasteiger partial charge < -0.3 is 10.8 Å². The number of carboxylic acids is 1. The molecular formula is C23H35NO4S. The third-order valence-corrected chi connectivity index (χ3v) is 5.12. The van der Waals surface area contributed by atoms with Gasteiger partial charge in [-0.3, -0.25) is 14.4 Å². The van der Waals surface area contributed by atoms with Crippen molar-refractivity contribution in [1.29, 1.82) is 0 Å². The maximum atomic E-state index is 12.9. The smallest absolute Gasteiger partial charge is 0.321 e. The first-order valence-corrected chi connectivity index (χ1v) is 10.8. The van der Waals surface area contributed by atoms with Crippen molar-refractivity contribution in [3.63, 3.8) is 0 Å². The van der Waals surface area contributed by atoms with Gasteiger partial charge in [0.25, 0.3) is 0 Å². The van der Waals surface area contributed by atoms with E-state index in [4.69, 9.17) is 10.8 Å². The van der Waals surface area contributed by atoms with Gasteiger partial charge in [-0.25, -0.2) is 0 Å². The molecule has 0 aromatic rings. The number of rotatable bonds is 12. The molecule has 0 spiro atoms.